The first-order chi connectivity index (χ1) is 5.55. The molecule has 1 rings (SSSR count). The van der Waals surface area contributed by atoms with Crippen molar-refractivity contribution in [1.29, 1.82) is 0 Å². The normalized spacial score (nSPS) is 29.4. The number of likely N-dealkylation sites (tertiary alicyclic amines) is 1. The van der Waals surface area contributed by atoms with Gasteiger partial charge in [-0.3, -0.25) is 4.79 Å². The van der Waals surface area contributed by atoms with Gasteiger partial charge in [-0.15, -0.1) is 0 Å². The second-order valence-corrected chi connectivity index (χ2v) is 3.97. The van der Waals surface area contributed by atoms with Crippen LogP contribution in [0.4, 0.5) is 0 Å². The molecule has 3 nitrogen and oxygen atoms in total. The number of rotatable bonds is 2. The van der Waals surface area contributed by atoms with E-state index in [1.165, 1.54) is 0 Å². The van der Waals surface area contributed by atoms with Crippen molar-refractivity contribution >= 4 is 5.91 Å². The molecule has 12 heavy (non-hydrogen) atoms. The molecule has 70 valence electrons. The van der Waals surface area contributed by atoms with Crippen LogP contribution < -0.4 is 5.73 Å². The van der Waals surface area contributed by atoms with Gasteiger partial charge in [0.05, 0.1) is 0 Å². The third kappa shape index (κ3) is 2.21. The Hall–Kier alpha value is -0.570. The van der Waals surface area contributed by atoms with E-state index in [0.29, 0.717) is 6.42 Å². The minimum absolute atomic E-state index is 0.149. The summed E-state index contributed by atoms with van der Waals surface area (Å²) in [7, 11) is 0. The fourth-order valence-corrected chi connectivity index (χ4v) is 1.57. The zero-order valence-corrected chi connectivity index (χ0v) is 7.97. The standard InChI is InChI=1S/C9H18N2O/c1-3-4-8(12)11-6-5-9(2,10)7-11/h3-7,10H2,1-2H3/t9-/m1/s1. The van der Waals surface area contributed by atoms with Gasteiger partial charge in [-0.05, 0) is 19.8 Å². The zero-order valence-electron chi connectivity index (χ0n) is 7.97. The highest BCUT2D eigenvalue weighted by Gasteiger charge is 2.31. The summed E-state index contributed by atoms with van der Waals surface area (Å²) < 4.78 is 0. The summed E-state index contributed by atoms with van der Waals surface area (Å²) in [4.78, 5) is 13.3. The molecule has 1 aliphatic rings. The average molecular weight is 170 g/mol. The van der Waals surface area contributed by atoms with Gasteiger partial charge in [0.2, 0.25) is 5.91 Å². The summed E-state index contributed by atoms with van der Waals surface area (Å²) in [6.07, 6.45) is 2.52. The molecule has 1 aliphatic heterocycles. The molecule has 1 atom stereocenters. The van der Waals surface area contributed by atoms with E-state index in [1.807, 2.05) is 18.7 Å². The van der Waals surface area contributed by atoms with Gasteiger partial charge in [-0.2, -0.15) is 0 Å². The molecule has 1 amide bonds. The van der Waals surface area contributed by atoms with E-state index in [9.17, 15) is 4.79 Å². The Bertz CT molecular complexity index is 177. The van der Waals surface area contributed by atoms with Crippen LogP contribution in [0.15, 0.2) is 0 Å². The number of nitrogens with zero attached hydrogens (tertiary/aromatic N) is 1. The van der Waals surface area contributed by atoms with Crippen LogP contribution in [0.5, 0.6) is 0 Å². The van der Waals surface area contributed by atoms with Gasteiger partial charge in [0.25, 0.3) is 0 Å². The fraction of sp³-hybridized carbons (Fsp3) is 0.889. The maximum Gasteiger partial charge on any atom is 0.222 e. The van der Waals surface area contributed by atoms with Crippen molar-refractivity contribution in [2.24, 2.45) is 5.73 Å². The summed E-state index contributed by atoms with van der Waals surface area (Å²) in [5, 5.41) is 0. The first-order valence-corrected chi connectivity index (χ1v) is 4.62. The van der Waals surface area contributed by atoms with Crippen LogP contribution in [-0.4, -0.2) is 29.4 Å². The van der Waals surface area contributed by atoms with Crippen LogP contribution in [0.3, 0.4) is 0 Å². The Morgan fingerprint density at radius 2 is 2.33 bits per heavy atom. The largest absolute Gasteiger partial charge is 0.341 e. The molecule has 1 saturated heterocycles. The van der Waals surface area contributed by atoms with Gasteiger partial charge in [-0.25, -0.2) is 0 Å². The first-order valence-electron chi connectivity index (χ1n) is 4.62. The zero-order chi connectivity index (χ0) is 9.19. The molecule has 0 saturated carbocycles. The van der Waals surface area contributed by atoms with Crippen molar-refractivity contribution in [3.05, 3.63) is 0 Å². The Morgan fingerprint density at radius 3 is 2.75 bits per heavy atom. The summed E-state index contributed by atoms with van der Waals surface area (Å²) >= 11 is 0. The highest BCUT2D eigenvalue weighted by Crippen LogP contribution is 2.18. The van der Waals surface area contributed by atoms with Crippen molar-refractivity contribution in [1.82, 2.24) is 4.90 Å². The number of hydrogen-bond donors (Lipinski definition) is 1. The van der Waals surface area contributed by atoms with Gasteiger partial charge >= 0.3 is 0 Å². The molecule has 1 heterocycles. The van der Waals surface area contributed by atoms with Crippen molar-refractivity contribution in [3.8, 4) is 0 Å². The van der Waals surface area contributed by atoms with Crippen molar-refractivity contribution < 1.29 is 4.79 Å². The Morgan fingerprint density at radius 1 is 1.67 bits per heavy atom. The quantitative estimate of drug-likeness (QED) is 0.664. The first kappa shape index (κ1) is 9.52. The van der Waals surface area contributed by atoms with Crippen molar-refractivity contribution in [3.63, 3.8) is 0 Å². The molecule has 3 heteroatoms. The molecule has 1 fully saturated rings. The van der Waals surface area contributed by atoms with E-state index in [4.69, 9.17) is 5.73 Å². The molecule has 0 aliphatic carbocycles. The van der Waals surface area contributed by atoms with E-state index < -0.39 is 0 Å². The van der Waals surface area contributed by atoms with Crippen molar-refractivity contribution in [2.45, 2.75) is 38.6 Å². The van der Waals surface area contributed by atoms with E-state index in [0.717, 1.165) is 25.9 Å². The molecule has 2 N–H and O–H groups in total. The van der Waals surface area contributed by atoms with Crippen LogP contribution >= 0.6 is 0 Å². The van der Waals surface area contributed by atoms with Gasteiger partial charge in [-0.1, -0.05) is 6.92 Å². The SMILES string of the molecule is CCCC(=O)N1CC[C@@](C)(N)C1. The summed E-state index contributed by atoms with van der Waals surface area (Å²) in [5.41, 5.74) is 5.76. The van der Waals surface area contributed by atoms with Gasteiger partial charge in [0.1, 0.15) is 0 Å². The van der Waals surface area contributed by atoms with Crippen LogP contribution in [-0.2, 0) is 4.79 Å². The van der Waals surface area contributed by atoms with E-state index in [2.05, 4.69) is 0 Å². The molecule has 0 bridgehead atoms. The van der Waals surface area contributed by atoms with Crippen LogP contribution in [0, 0.1) is 0 Å². The number of amides is 1. The molecule has 0 aromatic carbocycles. The molecule has 0 unspecified atom stereocenters. The Labute approximate surface area is 73.9 Å². The lowest BCUT2D eigenvalue weighted by Crippen LogP contribution is -2.40. The maximum absolute atomic E-state index is 11.4. The van der Waals surface area contributed by atoms with Crippen LogP contribution in [0.1, 0.15) is 33.1 Å². The van der Waals surface area contributed by atoms with Crippen LogP contribution in [0.2, 0.25) is 0 Å². The third-order valence-electron chi connectivity index (χ3n) is 2.32. The second-order valence-electron chi connectivity index (χ2n) is 3.97. The number of carbonyl (C=O) groups is 1. The lowest BCUT2D eigenvalue weighted by molar-refractivity contribution is -0.130. The average Bonchev–Trinajstić information content (AvgIpc) is 2.31. The van der Waals surface area contributed by atoms with E-state index in [-0.39, 0.29) is 11.4 Å². The Balaban J connectivity index is 2.41. The molecular formula is C9H18N2O. The van der Waals surface area contributed by atoms with Crippen molar-refractivity contribution in [2.75, 3.05) is 13.1 Å². The predicted octanol–water partition coefficient (Wildman–Crippen LogP) is 0.736. The Kier molecular flexibility index (Phi) is 2.73. The van der Waals surface area contributed by atoms with Gasteiger partial charge < -0.3 is 10.6 Å². The molecule has 0 spiro atoms. The van der Waals surface area contributed by atoms with E-state index >= 15 is 0 Å². The monoisotopic (exact) mass is 170 g/mol. The lowest BCUT2D eigenvalue weighted by Gasteiger charge is -2.19. The smallest absolute Gasteiger partial charge is 0.222 e. The number of hydrogen-bond acceptors (Lipinski definition) is 2. The summed E-state index contributed by atoms with van der Waals surface area (Å²) in [6, 6.07) is 0. The number of carbonyl (C=O) groups excluding carboxylic acids is 1. The number of nitrogens with two attached hydrogens (primary N) is 1. The summed E-state index contributed by atoms with van der Waals surface area (Å²) in [6.45, 7) is 5.60. The van der Waals surface area contributed by atoms with Gasteiger partial charge in [0, 0.05) is 25.0 Å². The minimum Gasteiger partial charge on any atom is -0.341 e. The third-order valence-corrected chi connectivity index (χ3v) is 2.32. The molecule has 0 aromatic heterocycles. The fourth-order valence-electron chi connectivity index (χ4n) is 1.57. The van der Waals surface area contributed by atoms with Crippen LogP contribution in [0.25, 0.3) is 0 Å². The van der Waals surface area contributed by atoms with E-state index in [1.54, 1.807) is 0 Å². The summed E-state index contributed by atoms with van der Waals surface area (Å²) in [5.74, 6) is 0.256. The predicted molar refractivity (Wildman–Crippen MR) is 48.7 cm³/mol. The maximum atomic E-state index is 11.4. The highest BCUT2D eigenvalue weighted by molar-refractivity contribution is 5.76. The highest BCUT2D eigenvalue weighted by atomic mass is 16.2. The molecule has 0 radical (unpaired) electrons. The van der Waals surface area contributed by atoms with Gasteiger partial charge in [0.15, 0.2) is 0 Å². The topological polar surface area (TPSA) is 46.3 Å². The lowest BCUT2D eigenvalue weighted by atomic mass is 10.0. The minimum atomic E-state index is -0.149. The second kappa shape index (κ2) is 3.44. The molecule has 0 aromatic rings. The molecular weight excluding hydrogens is 152 g/mol.